The molecule has 0 saturated heterocycles. The van der Waals surface area contributed by atoms with Crippen molar-refractivity contribution in [1.29, 1.82) is 0 Å². The summed E-state index contributed by atoms with van der Waals surface area (Å²) in [6, 6.07) is 11.4. The van der Waals surface area contributed by atoms with Crippen LogP contribution in [0.2, 0.25) is 0 Å². The minimum absolute atomic E-state index is 0.142. The second-order valence-electron chi connectivity index (χ2n) is 7.10. The number of amides is 1. The predicted octanol–water partition coefficient (Wildman–Crippen LogP) is 1.40. The second-order valence-corrected chi connectivity index (χ2v) is 7.10. The highest BCUT2D eigenvalue weighted by Crippen LogP contribution is 2.29. The quantitative estimate of drug-likeness (QED) is 0.610. The van der Waals surface area contributed by atoms with E-state index in [1.54, 1.807) is 13.0 Å². The van der Waals surface area contributed by atoms with Crippen LogP contribution in [0.1, 0.15) is 30.3 Å². The van der Waals surface area contributed by atoms with Crippen molar-refractivity contribution < 1.29 is 14.4 Å². The Labute approximate surface area is 157 Å². The zero-order valence-electron chi connectivity index (χ0n) is 15.1. The molecule has 27 heavy (non-hydrogen) atoms. The van der Waals surface area contributed by atoms with Crippen molar-refractivity contribution in [2.45, 2.75) is 31.9 Å². The lowest BCUT2D eigenvalue weighted by atomic mass is 9.80. The summed E-state index contributed by atoms with van der Waals surface area (Å²) in [5, 5.41) is 18.4. The number of hydrogen-bond acceptors (Lipinski definition) is 7. The van der Waals surface area contributed by atoms with Gasteiger partial charge in [-0.1, -0.05) is 35.5 Å². The van der Waals surface area contributed by atoms with Crippen LogP contribution in [0.15, 0.2) is 52.8 Å². The van der Waals surface area contributed by atoms with Crippen LogP contribution in [-0.4, -0.2) is 39.9 Å². The number of hydrogen-bond donors (Lipinski definition) is 4. The van der Waals surface area contributed by atoms with Crippen molar-refractivity contribution in [1.82, 2.24) is 26.4 Å². The predicted molar refractivity (Wildman–Crippen MR) is 98.7 cm³/mol. The first kappa shape index (κ1) is 17.6. The van der Waals surface area contributed by atoms with Crippen molar-refractivity contribution >= 4 is 5.91 Å². The number of aromatic nitrogens is 1. The zero-order valence-corrected chi connectivity index (χ0v) is 15.1. The van der Waals surface area contributed by atoms with E-state index in [-0.39, 0.29) is 17.7 Å². The fourth-order valence-corrected chi connectivity index (χ4v) is 3.34. The molecule has 1 aliphatic heterocycles. The molecule has 1 fully saturated rings. The number of nitrogens with zero attached hydrogens (tertiary/aromatic N) is 2. The van der Waals surface area contributed by atoms with Crippen LogP contribution in [0.4, 0.5) is 0 Å². The van der Waals surface area contributed by atoms with Gasteiger partial charge in [-0.15, -0.1) is 5.53 Å². The minimum Gasteiger partial charge on any atom is -0.387 e. The Morgan fingerprint density at radius 2 is 2.19 bits per heavy atom. The van der Waals surface area contributed by atoms with Crippen LogP contribution >= 0.6 is 0 Å². The van der Waals surface area contributed by atoms with E-state index in [1.165, 1.54) is 0 Å². The molecule has 2 aromatic rings. The summed E-state index contributed by atoms with van der Waals surface area (Å²) in [6.07, 6.45) is 3.15. The lowest BCUT2D eigenvalue weighted by molar-refractivity contribution is 0.0823. The Morgan fingerprint density at radius 1 is 1.41 bits per heavy atom. The number of carbonyl (C=O) groups is 1. The van der Waals surface area contributed by atoms with E-state index in [1.807, 2.05) is 41.5 Å². The molecule has 0 spiro atoms. The average molecular weight is 369 g/mol. The molecule has 2 heterocycles. The SMILES string of the molecule is C[C@H](O)C1=CN(CC2CC(NC(=O)c3cc(-c4ccccc4)no3)C2)NN1. The van der Waals surface area contributed by atoms with Gasteiger partial charge in [0.05, 0.1) is 11.8 Å². The van der Waals surface area contributed by atoms with Gasteiger partial charge in [-0.05, 0) is 25.7 Å². The van der Waals surface area contributed by atoms with Crippen molar-refractivity contribution in [2.75, 3.05) is 6.54 Å². The number of hydrazine groups is 2. The first-order valence-corrected chi connectivity index (χ1v) is 9.09. The summed E-state index contributed by atoms with van der Waals surface area (Å²) in [5.41, 5.74) is 8.26. The van der Waals surface area contributed by atoms with Gasteiger partial charge in [0, 0.05) is 30.4 Å². The van der Waals surface area contributed by atoms with Crippen LogP contribution in [0.25, 0.3) is 11.3 Å². The molecule has 8 heteroatoms. The molecule has 0 radical (unpaired) electrons. The highest BCUT2D eigenvalue weighted by atomic mass is 16.5. The minimum atomic E-state index is -0.529. The van der Waals surface area contributed by atoms with Gasteiger partial charge < -0.3 is 20.4 Å². The van der Waals surface area contributed by atoms with Gasteiger partial charge in [0.25, 0.3) is 5.91 Å². The number of benzene rings is 1. The lowest BCUT2D eigenvalue weighted by Crippen LogP contribution is -2.49. The van der Waals surface area contributed by atoms with Crippen molar-refractivity contribution in [2.24, 2.45) is 5.92 Å². The molecular formula is C19H23N5O3. The van der Waals surface area contributed by atoms with E-state index in [9.17, 15) is 9.90 Å². The van der Waals surface area contributed by atoms with Gasteiger partial charge in [0.2, 0.25) is 5.76 Å². The maximum atomic E-state index is 12.3. The van der Waals surface area contributed by atoms with Gasteiger partial charge in [-0.3, -0.25) is 9.80 Å². The third kappa shape index (κ3) is 3.96. The smallest absolute Gasteiger partial charge is 0.290 e. The topological polar surface area (TPSA) is 103 Å². The molecule has 4 rings (SSSR count). The lowest BCUT2D eigenvalue weighted by Gasteiger charge is -2.37. The molecule has 1 atom stereocenters. The van der Waals surface area contributed by atoms with Gasteiger partial charge >= 0.3 is 0 Å². The average Bonchev–Trinajstić information content (AvgIpc) is 3.30. The fourth-order valence-electron chi connectivity index (χ4n) is 3.34. The molecule has 1 saturated carbocycles. The Bertz CT molecular complexity index is 827. The number of aliphatic hydroxyl groups excluding tert-OH is 1. The molecule has 1 aromatic heterocycles. The highest BCUT2D eigenvalue weighted by molar-refractivity contribution is 5.92. The Hall–Kier alpha value is -2.84. The number of carbonyl (C=O) groups excluding carboxylic acids is 1. The van der Waals surface area contributed by atoms with E-state index in [0.717, 1.165) is 30.6 Å². The summed E-state index contributed by atoms with van der Waals surface area (Å²) in [7, 11) is 0. The molecule has 1 amide bonds. The summed E-state index contributed by atoms with van der Waals surface area (Å²) in [4.78, 5) is 12.3. The molecule has 142 valence electrons. The van der Waals surface area contributed by atoms with Crippen LogP contribution in [0.3, 0.4) is 0 Å². The first-order valence-electron chi connectivity index (χ1n) is 9.09. The number of rotatable bonds is 6. The molecule has 1 aliphatic carbocycles. The monoisotopic (exact) mass is 369 g/mol. The summed E-state index contributed by atoms with van der Waals surface area (Å²) >= 11 is 0. The van der Waals surface area contributed by atoms with Crippen molar-refractivity contribution in [3.63, 3.8) is 0 Å². The van der Waals surface area contributed by atoms with Crippen LogP contribution in [0, 0.1) is 5.92 Å². The molecule has 1 aromatic carbocycles. The molecule has 4 N–H and O–H groups in total. The van der Waals surface area contributed by atoms with Crippen molar-refractivity contribution in [3.05, 3.63) is 54.1 Å². The van der Waals surface area contributed by atoms with Crippen molar-refractivity contribution in [3.8, 4) is 11.3 Å². The molecular weight excluding hydrogens is 346 g/mol. The molecule has 8 nitrogen and oxygen atoms in total. The standard InChI is InChI=1S/C19H23N5O3/c1-12(25)17-11-24(23-21-17)10-13-7-15(8-13)20-19(26)18-9-16(22-27-18)14-5-3-2-4-6-14/h2-6,9,11-13,15,21,23,25H,7-8,10H2,1H3,(H,20,26)/t12-,13?,15?/m0/s1. The van der Waals surface area contributed by atoms with Gasteiger partial charge in [-0.2, -0.15) is 0 Å². The van der Waals surface area contributed by atoms with Crippen LogP contribution in [-0.2, 0) is 0 Å². The van der Waals surface area contributed by atoms with Gasteiger partial charge in [-0.25, -0.2) is 0 Å². The highest BCUT2D eigenvalue weighted by Gasteiger charge is 2.33. The second kappa shape index (κ2) is 7.42. The van der Waals surface area contributed by atoms with E-state index >= 15 is 0 Å². The molecule has 0 bridgehead atoms. The Balaban J connectivity index is 1.25. The number of aliphatic hydroxyl groups is 1. The van der Waals surface area contributed by atoms with Crippen LogP contribution < -0.4 is 16.3 Å². The van der Waals surface area contributed by atoms with E-state index in [4.69, 9.17) is 4.52 Å². The first-order chi connectivity index (χ1) is 13.1. The van der Waals surface area contributed by atoms with Gasteiger partial charge in [0.1, 0.15) is 5.69 Å². The Kier molecular flexibility index (Phi) is 4.83. The number of nitrogens with one attached hydrogen (secondary N) is 3. The molecule has 0 unspecified atom stereocenters. The summed E-state index contributed by atoms with van der Waals surface area (Å²) < 4.78 is 5.20. The maximum Gasteiger partial charge on any atom is 0.290 e. The third-order valence-electron chi connectivity index (χ3n) is 4.92. The molecule has 2 aliphatic rings. The maximum absolute atomic E-state index is 12.3. The zero-order chi connectivity index (χ0) is 18.8. The Morgan fingerprint density at radius 3 is 2.89 bits per heavy atom. The van der Waals surface area contributed by atoms with E-state index in [2.05, 4.69) is 21.4 Å². The third-order valence-corrected chi connectivity index (χ3v) is 4.92. The van der Waals surface area contributed by atoms with Crippen LogP contribution in [0.5, 0.6) is 0 Å². The van der Waals surface area contributed by atoms with E-state index < -0.39 is 6.10 Å². The van der Waals surface area contributed by atoms with Gasteiger partial charge in [0.15, 0.2) is 0 Å². The largest absolute Gasteiger partial charge is 0.387 e. The summed E-state index contributed by atoms with van der Waals surface area (Å²) in [5.74, 6) is 0.474. The summed E-state index contributed by atoms with van der Waals surface area (Å²) in [6.45, 7) is 2.53. The fraction of sp³-hybridized carbons (Fsp3) is 0.368. The normalized spacial score (nSPS) is 22.6. The van der Waals surface area contributed by atoms with E-state index in [0.29, 0.717) is 11.6 Å².